The van der Waals surface area contributed by atoms with Gasteiger partial charge in [-0.1, -0.05) is 13.3 Å². The summed E-state index contributed by atoms with van der Waals surface area (Å²) in [6.07, 6.45) is 2.10. The molecule has 1 unspecified atom stereocenters. The molecule has 1 aromatic heterocycles. The highest BCUT2D eigenvalue weighted by atomic mass is 16.6. The first-order valence-corrected chi connectivity index (χ1v) is 6.62. The van der Waals surface area contributed by atoms with E-state index in [-0.39, 0.29) is 10.6 Å². The molecule has 19 heavy (non-hydrogen) atoms. The lowest BCUT2D eigenvalue weighted by atomic mass is 10.2. The van der Waals surface area contributed by atoms with Crippen LogP contribution in [0, 0.1) is 10.1 Å². The Bertz CT molecular complexity index is 437. The fraction of sp³-hybridized carbons (Fsp3) is 0.615. The van der Waals surface area contributed by atoms with Gasteiger partial charge in [-0.3, -0.25) is 10.1 Å². The largest absolute Gasteiger partial charge is 0.370 e. The molecule has 0 saturated carbocycles. The van der Waals surface area contributed by atoms with E-state index in [1.165, 1.54) is 12.1 Å². The standard InChI is InChI=1S/C13H22N4O2/c1-5-7-10(3)16(4)13-9-11(17(18)19)8-12(15-13)14-6-2/h8-10H,5-7H2,1-4H3,(H,14,15). The fourth-order valence-corrected chi connectivity index (χ4v) is 1.90. The second kappa shape index (κ2) is 6.92. The van der Waals surface area contributed by atoms with Gasteiger partial charge in [-0.05, 0) is 20.3 Å². The molecule has 0 spiro atoms. The van der Waals surface area contributed by atoms with Gasteiger partial charge in [0, 0.05) is 19.6 Å². The van der Waals surface area contributed by atoms with Gasteiger partial charge >= 0.3 is 0 Å². The van der Waals surface area contributed by atoms with Crippen molar-refractivity contribution < 1.29 is 4.92 Å². The average molecular weight is 266 g/mol. The van der Waals surface area contributed by atoms with Crippen LogP contribution >= 0.6 is 0 Å². The van der Waals surface area contributed by atoms with Crippen molar-refractivity contribution in [3.8, 4) is 0 Å². The summed E-state index contributed by atoms with van der Waals surface area (Å²) >= 11 is 0. The van der Waals surface area contributed by atoms with Gasteiger partial charge in [0.05, 0.1) is 17.1 Å². The van der Waals surface area contributed by atoms with Gasteiger partial charge in [0.2, 0.25) is 0 Å². The first-order chi connectivity index (χ1) is 8.99. The Balaban J connectivity index is 3.07. The number of hydrogen-bond donors (Lipinski definition) is 1. The van der Waals surface area contributed by atoms with Gasteiger partial charge in [-0.15, -0.1) is 0 Å². The second-order valence-corrected chi connectivity index (χ2v) is 4.60. The molecule has 1 aromatic rings. The van der Waals surface area contributed by atoms with Crippen molar-refractivity contribution in [2.45, 2.75) is 39.7 Å². The summed E-state index contributed by atoms with van der Waals surface area (Å²) in [7, 11) is 1.92. The highest BCUT2D eigenvalue weighted by Gasteiger charge is 2.16. The lowest BCUT2D eigenvalue weighted by Gasteiger charge is -2.25. The van der Waals surface area contributed by atoms with Crippen LogP contribution in [0.3, 0.4) is 0 Å². The van der Waals surface area contributed by atoms with Crippen molar-refractivity contribution in [3.63, 3.8) is 0 Å². The van der Waals surface area contributed by atoms with Crippen molar-refractivity contribution in [2.75, 3.05) is 23.8 Å². The molecule has 0 saturated heterocycles. The molecule has 0 aliphatic carbocycles. The minimum Gasteiger partial charge on any atom is -0.370 e. The number of aromatic nitrogens is 1. The predicted octanol–water partition coefficient (Wildman–Crippen LogP) is 3.05. The van der Waals surface area contributed by atoms with Gasteiger partial charge in [-0.2, -0.15) is 0 Å². The normalized spacial score (nSPS) is 12.0. The van der Waals surface area contributed by atoms with E-state index in [1.54, 1.807) is 0 Å². The van der Waals surface area contributed by atoms with Crippen LogP contribution in [0.15, 0.2) is 12.1 Å². The lowest BCUT2D eigenvalue weighted by Crippen LogP contribution is -2.29. The molecule has 0 aromatic carbocycles. The van der Waals surface area contributed by atoms with Crippen LogP contribution in [-0.4, -0.2) is 29.5 Å². The van der Waals surface area contributed by atoms with E-state index < -0.39 is 0 Å². The van der Waals surface area contributed by atoms with E-state index in [1.807, 2.05) is 18.9 Å². The van der Waals surface area contributed by atoms with Crippen LogP contribution in [0.4, 0.5) is 17.3 Å². The molecule has 0 radical (unpaired) electrons. The van der Waals surface area contributed by atoms with Gasteiger partial charge in [0.25, 0.3) is 5.69 Å². The Morgan fingerprint density at radius 1 is 1.47 bits per heavy atom. The topological polar surface area (TPSA) is 71.3 Å². The summed E-state index contributed by atoms with van der Waals surface area (Å²) < 4.78 is 0. The zero-order chi connectivity index (χ0) is 14.4. The Hall–Kier alpha value is -1.85. The van der Waals surface area contributed by atoms with Crippen LogP contribution < -0.4 is 10.2 Å². The zero-order valence-electron chi connectivity index (χ0n) is 12.0. The van der Waals surface area contributed by atoms with E-state index in [2.05, 4.69) is 24.1 Å². The monoisotopic (exact) mass is 266 g/mol. The number of nitrogens with one attached hydrogen (secondary N) is 1. The molecule has 1 rings (SSSR count). The van der Waals surface area contributed by atoms with Crippen molar-refractivity contribution in [1.29, 1.82) is 0 Å². The molecule has 6 heteroatoms. The molecule has 0 aliphatic rings. The third-order valence-corrected chi connectivity index (χ3v) is 3.09. The van der Waals surface area contributed by atoms with Crippen molar-refractivity contribution in [1.82, 2.24) is 4.98 Å². The Morgan fingerprint density at radius 3 is 2.68 bits per heavy atom. The predicted molar refractivity (Wildman–Crippen MR) is 77.8 cm³/mol. The molecule has 1 atom stereocenters. The minimum absolute atomic E-state index is 0.0662. The molecule has 0 aliphatic heterocycles. The van der Waals surface area contributed by atoms with E-state index in [0.29, 0.717) is 24.2 Å². The summed E-state index contributed by atoms with van der Waals surface area (Å²) in [4.78, 5) is 17.0. The van der Waals surface area contributed by atoms with Crippen LogP contribution in [0.25, 0.3) is 0 Å². The maximum atomic E-state index is 11.0. The molecule has 106 valence electrons. The number of hydrogen-bond acceptors (Lipinski definition) is 5. The van der Waals surface area contributed by atoms with E-state index >= 15 is 0 Å². The molecule has 1 N–H and O–H groups in total. The van der Waals surface area contributed by atoms with E-state index in [9.17, 15) is 10.1 Å². The number of anilines is 2. The first-order valence-electron chi connectivity index (χ1n) is 6.62. The average Bonchev–Trinajstić information content (AvgIpc) is 2.38. The summed E-state index contributed by atoms with van der Waals surface area (Å²) in [5.74, 6) is 1.17. The Morgan fingerprint density at radius 2 is 2.16 bits per heavy atom. The molecular weight excluding hydrogens is 244 g/mol. The maximum absolute atomic E-state index is 11.0. The van der Waals surface area contributed by atoms with Crippen LogP contribution in [-0.2, 0) is 0 Å². The molecule has 0 bridgehead atoms. The summed E-state index contributed by atoms with van der Waals surface area (Å²) in [6.45, 7) is 6.83. The molecule has 1 heterocycles. The van der Waals surface area contributed by atoms with Gasteiger partial charge < -0.3 is 10.2 Å². The molecular formula is C13H22N4O2. The summed E-state index contributed by atoms with van der Waals surface area (Å²) in [6, 6.07) is 3.28. The smallest absolute Gasteiger partial charge is 0.276 e. The quantitative estimate of drug-likeness (QED) is 0.606. The van der Waals surface area contributed by atoms with Crippen molar-refractivity contribution >= 4 is 17.3 Å². The highest BCUT2D eigenvalue weighted by molar-refractivity contribution is 5.55. The number of nitrogens with zero attached hydrogens (tertiary/aromatic N) is 3. The summed E-state index contributed by atoms with van der Waals surface area (Å²) in [5.41, 5.74) is 0.0662. The molecule has 0 fully saturated rings. The minimum atomic E-state index is -0.385. The van der Waals surface area contributed by atoms with Crippen molar-refractivity contribution in [3.05, 3.63) is 22.2 Å². The summed E-state index contributed by atoms with van der Waals surface area (Å²) in [5, 5.41) is 14.0. The number of pyridine rings is 1. The maximum Gasteiger partial charge on any atom is 0.276 e. The van der Waals surface area contributed by atoms with Crippen LogP contribution in [0.2, 0.25) is 0 Å². The second-order valence-electron chi connectivity index (χ2n) is 4.60. The van der Waals surface area contributed by atoms with Gasteiger partial charge in [0.1, 0.15) is 11.6 Å². The van der Waals surface area contributed by atoms with Gasteiger partial charge in [0.15, 0.2) is 0 Å². The first kappa shape index (κ1) is 15.2. The number of nitro groups is 1. The fourth-order valence-electron chi connectivity index (χ4n) is 1.90. The Kier molecular flexibility index (Phi) is 5.54. The van der Waals surface area contributed by atoms with E-state index in [4.69, 9.17) is 0 Å². The third-order valence-electron chi connectivity index (χ3n) is 3.09. The SMILES string of the molecule is CCCC(C)N(C)c1cc([N+](=O)[O-])cc(NCC)n1. The molecule has 6 nitrogen and oxygen atoms in total. The third kappa shape index (κ3) is 4.08. The van der Waals surface area contributed by atoms with Crippen molar-refractivity contribution in [2.24, 2.45) is 0 Å². The highest BCUT2D eigenvalue weighted by Crippen LogP contribution is 2.24. The van der Waals surface area contributed by atoms with Gasteiger partial charge in [-0.25, -0.2) is 4.98 Å². The van der Waals surface area contributed by atoms with E-state index in [0.717, 1.165) is 12.8 Å². The zero-order valence-corrected chi connectivity index (χ0v) is 12.0. The number of rotatable bonds is 7. The molecule has 0 amide bonds. The van der Waals surface area contributed by atoms with Crippen LogP contribution in [0.1, 0.15) is 33.6 Å². The Labute approximate surface area is 114 Å². The van der Waals surface area contributed by atoms with Crippen LogP contribution in [0.5, 0.6) is 0 Å². The lowest BCUT2D eigenvalue weighted by molar-refractivity contribution is -0.384.